The molecule has 1 rings (SSSR count). The first kappa shape index (κ1) is 13.5. The molecule has 1 amide bonds. The van der Waals surface area contributed by atoms with Crippen LogP contribution >= 0.6 is 0 Å². The van der Waals surface area contributed by atoms with Gasteiger partial charge in [0.2, 0.25) is 0 Å². The predicted molar refractivity (Wildman–Crippen MR) is 61.9 cm³/mol. The van der Waals surface area contributed by atoms with Gasteiger partial charge in [-0.25, -0.2) is 4.79 Å². The number of ketones is 1. The molecule has 0 aromatic carbocycles. The van der Waals surface area contributed by atoms with Crippen molar-refractivity contribution < 1.29 is 19.2 Å². The van der Waals surface area contributed by atoms with Crippen molar-refractivity contribution >= 4 is 17.6 Å². The lowest BCUT2D eigenvalue weighted by molar-refractivity contribution is -0.114. The molecular weight excluding hydrogens is 224 g/mol. The van der Waals surface area contributed by atoms with Crippen LogP contribution in [0.5, 0.6) is 0 Å². The molecule has 1 heterocycles. The summed E-state index contributed by atoms with van der Waals surface area (Å²) in [5.74, 6) is -0.0911. The highest BCUT2D eigenvalue weighted by Gasteiger charge is 2.29. The van der Waals surface area contributed by atoms with Crippen LogP contribution in [0, 0.1) is 0 Å². The molecule has 0 spiro atoms. The van der Waals surface area contributed by atoms with Crippen molar-refractivity contribution in [2.75, 3.05) is 20.2 Å². The Bertz CT molecular complexity index is 344. The van der Waals surface area contributed by atoms with Crippen LogP contribution in [0.3, 0.4) is 0 Å². The molecule has 0 radical (unpaired) electrons. The third-order valence-corrected chi connectivity index (χ3v) is 2.12. The van der Waals surface area contributed by atoms with Crippen molar-refractivity contribution in [2.24, 2.45) is 5.16 Å². The molecule has 1 aliphatic rings. The lowest BCUT2D eigenvalue weighted by Gasteiger charge is -2.29. The Morgan fingerprint density at radius 3 is 2.59 bits per heavy atom. The molecule has 0 atom stereocenters. The smallest absolute Gasteiger partial charge is 0.410 e. The van der Waals surface area contributed by atoms with E-state index in [1.54, 1.807) is 20.8 Å². The number of carbonyl (C=O) groups is 2. The highest BCUT2D eigenvalue weighted by molar-refractivity contribution is 6.41. The van der Waals surface area contributed by atoms with E-state index in [9.17, 15) is 9.59 Å². The first-order valence-corrected chi connectivity index (χ1v) is 5.44. The molecule has 6 heteroatoms. The average molecular weight is 242 g/mol. The van der Waals surface area contributed by atoms with Crippen LogP contribution in [-0.2, 0) is 14.4 Å². The van der Waals surface area contributed by atoms with Gasteiger partial charge in [-0.15, -0.1) is 0 Å². The fourth-order valence-corrected chi connectivity index (χ4v) is 1.40. The van der Waals surface area contributed by atoms with Crippen molar-refractivity contribution in [1.82, 2.24) is 4.90 Å². The second-order valence-electron chi connectivity index (χ2n) is 4.80. The molecule has 0 unspecified atom stereocenters. The van der Waals surface area contributed by atoms with Gasteiger partial charge < -0.3 is 14.5 Å². The minimum atomic E-state index is -0.545. The highest BCUT2D eigenvalue weighted by Crippen LogP contribution is 2.12. The molecule has 1 saturated heterocycles. The summed E-state index contributed by atoms with van der Waals surface area (Å²) in [6.45, 7) is 5.89. The summed E-state index contributed by atoms with van der Waals surface area (Å²) in [5, 5.41) is 3.61. The summed E-state index contributed by atoms with van der Waals surface area (Å²) in [6.07, 6.45) is -0.185. The van der Waals surface area contributed by atoms with Gasteiger partial charge in [0.05, 0.1) is 6.54 Å². The molecule has 0 aromatic rings. The second kappa shape index (κ2) is 5.16. The zero-order valence-corrected chi connectivity index (χ0v) is 10.6. The Labute approximate surface area is 101 Å². The Balaban J connectivity index is 2.65. The van der Waals surface area contributed by atoms with E-state index in [1.807, 2.05) is 0 Å². The number of hydrogen-bond donors (Lipinski definition) is 0. The maximum absolute atomic E-state index is 11.8. The van der Waals surface area contributed by atoms with Gasteiger partial charge in [0.25, 0.3) is 0 Å². The first-order valence-electron chi connectivity index (χ1n) is 5.44. The zero-order valence-electron chi connectivity index (χ0n) is 10.6. The summed E-state index contributed by atoms with van der Waals surface area (Å²) in [7, 11) is 1.37. The summed E-state index contributed by atoms with van der Waals surface area (Å²) >= 11 is 0. The predicted octanol–water partition coefficient (Wildman–Crippen LogP) is 1.20. The summed E-state index contributed by atoms with van der Waals surface area (Å²) in [5.41, 5.74) is -0.290. The second-order valence-corrected chi connectivity index (χ2v) is 4.80. The van der Waals surface area contributed by atoms with Crippen LogP contribution in [0.2, 0.25) is 0 Å². The monoisotopic (exact) mass is 242 g/mol. The van der Waals surface area contributed by atoms with Gasteiger partial charge in [-0.05, 0) is 20.8 Å². The van der Waals surface area contributed by atoms with Crippen molar-refractivity contribution in [1.29, 1.82) is 0 Å². The zero-order chi connectivity index (χ0) is 13.1. The molecule has 0 aliphatic carbocycles. The van der Waals surface area contributed by atoms with Crippen LogP contribution in [0.15, 0.2) is 5.16 Å². The van der Waals surface area contributed by atoms with E-state index in [4.69, 9.17) is 4.74 Å². The van der Waals surface area contributed by atoms with Crippen molar-refractivity contribution in [3.05, 3.63) is 0 Å². The van der Waals surface area contributed by atoms with Gasteiger partial charge in [-0.1, -0.05) is 5.16 Å². The Morgan fingerprint density at radius 2 is 2.06 bits per heavy atom. The van der Waals surface area contributed by atoms with Crippen molar-refractivity contribution in [2.45, 2.75) is 32.8 Å². The number of nitrogens with zero attached hydrogens (tertiary/aromatic N) is 2. The first-order chi connectivity index (χ1) is 7.83. The third-order valence-electron chi connectivity index (χ3n) is 2.12. The molecule has 0 aromatic heterocycles. The number of hydrogen-bond acceptors (Lipinski definition) is 5. The molecule has 0 N–H and O–H groups in total. The van der Waals surface area contributed by atoms with Crippen LogP contribution < -0.4 is 0 Å². The normalized spacial score (nSPS) is 19.4. The van der Waals surface area contributed by atoms with E-state index < -0.39 is 11.7 Å². The molecule has 0 saturated carbocycles. The quantitative estimate of drug-likeness (QED) is 0.648. The average Bonchev–Trinajstić information content (AvgIpc) is 2.19. The lowest BCUT2D eigenvalue weighted by atomic mass is 10.1. The minimum absolute atomic E-state index is 0.0911. The number of Topliss-reactive ketones (excluding diaryl/α,β-unsaturated/α-hetero) is 1. The van der Waals surface area contributed by atoms with Gasteiger partial charge in [-0.3, -0.25) is 4.79 Å². The van der Waals surface area contributed by atoms with E-state index in [0.717, 1.165) is 0 Å². The van der Waals surface area contributed by atoms with Crippen LogP contribution in [0.25, 0.3) is 0 Å². The maximum Gasteiger partial charge on any atom is 0.410 e. The minimum Gasteiger partial charge on any atom is -0.444 e. The van der Waals surface area contributed by atoms with Crippen LogP contribution in [0.1, 0.15) is 27.2 Å². The fraction of sp³-hybridized carbons (Fsp3) is 0.727. The molecule has 0 bridgehead atoms. The van der Waals surface area contributed by atoms with Gasteiger partial charge >= 0.3 is 6.09 Å². The third kappa shape index (κ3) is 4.05. The standard InChI is InChI=1S/C11H18N2O4/c1-11(2,3)17-10(15)13-6-5-9(14)8(7-13)12-16-4/h5-7H2,1-4H3/b12-8+. The summed E-state index contributed by atoms with van der Waals surface area (Å²) in [6, 6.07) is 0. The number of oxime groups is 1. The van der Waals surface area contributed by atoms with E-state index in [1.165, 1.54) is 12.0 Å². The maximum atomic E-state index is 11.8. The van der Waals surface area contributed by atoms with E-state index in [0.29, 0.717) is 6.54 Å². The summed E-state index contributed by atoms with van der Waals surface area (Å²) in [4.78, 5) is 29.2. The Morgan fingerprint density at radius 1 is 1.41 bits per heavy atom. The topological polar surface area (TPSA) is 68.2 Å². The summed E-state index contributed by atoms with van der Waals surface area (Å²) < 4.78 is 5.22. The number of likely N-dealkylation sites (tertiary alicyclic amines) is 1. The number of rotatable bonds is 1. The van der Waals surface area contributed by atoms with E-state index in [2.05, 4.69) is 9.99 Å². The highest BCUT2D eigenvalue weighted by atomic mass is 16.6. The number of carbonyl (C=O) groups excluding carboxylic acids is 2. The molecule has 6 nitrogen and oxygen atoms in total. The Kier molecular flexibility index (Phi) is 4.09. The molecule has 1 aliphatic heterocycles. The number of ether oxygens (including phenoxy) is 1. The molecule has 96 valence electrons. The van der Waals surface area contributed by atoms with Gasteiger partial charge in [0.1, 0.15) is 18.4 Å². The number of amides is 1. The molecular formula is C11H18N2O4. The van der Waals surface area contributed by atoms with Crippen molar-refractivity contribution in [3.63, 3.8) is 0 Å². The molecule has 1 fully saturated rings. The van der Waals surface area contributed by atoms with Crippen LogP contribution in [-0.4, -0.2) is 48.3 Å². The molecule has 17 heavy (non-hydrogen) atoms. The van der Waals surface area contributed by atoms with E-state index >= 15 is 0 Å². The van der Waals surface area contributed by atoms with Crippen LogP contribution in [0.4, 0.5) is 4.79 Å². The fourth-order valence-electron chi connectivity index (χ4n) is 1.40. The van der Waals surface area contributed by atoms with Gasteiger partial charge in [0.15, 0.2) is 5.78 Å². The number of piperidine rings is 1. The van der Waals surface area contributed by atoms with Gasteiger partial charge in [-0.2, -0.15) is 0 Å². The van der Waals surface area contributed by atoms with Gasteiger partial charge in [0, 0.05) is 13.0 Å². The van der Waals surface area contributed by atoms with Crippen molar-refractivity contribution in [3.8, 4) is 0 Å². The SMILES string of the molecule is CO/N=C1\CN(C(=O)OC(C)(C)C)CCC1=O. The lowest BCUT2D eigenvalue weighted by Crippen LogP contribution is -2.46. The largest absolute Gasteiger partial charge is 0.444 e. The Hall–Kier alpha value is -1.59. The van der Waals surface area contributed by atoms with E-state index in [-0.39, 0.29) is 24.5 Å².